The molecule has 21 heavy (non-hydrogen) atoms. The van der Waals surface area contributed by atoms with Crippen LogP contribution in [0.15, 0.2) is 29.3 Å². The number of hydrogen-bond acceptors (Lipinski definition) is 4. The van der Waals surface area contributed by atoms with Gasteiger partial charge in [0.15, 0.2) is 0 Å². The summed E-state index contributed by atoms with van der Waals surface area (Å²) in [7, 11) is 0. The fourth-order valence-corrected chi connectivity index (χ4v) is 3.31. The number of pyridine rings is 1. The molecule has 0 spiro atoms. The number of terminal acetylenes is 1. The van der Waals surface area contributed by atoms with Gasteiger partial charge in [-0.15, -0.1) is 17.8 Å². The second-order valence-electron chi connectivity index (χ2n) is 4.73. The van der Waals surface area contributed by atoms with Crippen molar-refractivity contribution in [1.82, 2.24) is 14.5 Å². The Morgan fingerprint density at radius 3 is 2.71 bits per heavy atom. The quantitative estimate of drug-likeness (QED) is 0.683. The smallest absolute Gasteiger partial charge is 0.263 e. The maximum atomic E-state index is 12.8. The molecule has 4 nitrogen and oxygen atoms in total. The molecule has 0 N–H and O–H groups in total. The molecular weight excluding hydrogens is 282 g/mol. The zero-order valence-corrected chi connectivity index (χ0v) is 12.6. The van der Waals surface area contributed by atoms with E-state index in [1.165, 1.54) is 11.3 Å². The van der Waals surface area contributed by atoms with Gasteiger partial charge < -0.3 is 0 Å². The highest BCUT2D eigenvalue weighted by Gasteiger charge is 2.16. The first-order valence-electron chi connectivity index (χ1n) is 6.48. The topological polar surface area (TPSA) is 47.8 Å². The molecule has 3 rings (SSSR count). The number of aryl methyl sites for hydroxylation is 2. The maximum absolute atomic E-state index is 12.8. The number of hydrogen-bond donors (Lipinski definition) is 0. The van der Waals surface area contributed by atoms with Crippen molar-refractivity contribution in [2.24, 2.45) is 0 Å². The first kappa shape index (κ1) is 13.5. The third-order valence-electron chi connectivity index (χ3n) is 3.48. The minimum absolute atomic E-state index is 0.0772. The van der Waals surface area contributed by atoms with Crippen LogP contribution in [0.5, 0.6) is 0 Å². The van der Waals surface area contributed by atoms with Crippen molar-refractivity contribution in [2.75, 3.05) is 0 Å². The lowest BCUT2D eigenvalue weighted by molar-refractivity contribution is 0.795. The lowest BCUT2D eigenvalue weighted by atomic mass is 10.2. The Kier molecular flexibility index (Phi) is 3.32. The van der Waals surface area contributed by atoms with Crippen LogP contribution in [0.1, 0.15) is 10.4 Å². The number of thiophene rings is 1. The van der Waals surface area contributed by atoms with Crippen molar-refractivity contribution in [2.45, 2.75) is 20.4 Å². The van der Waals surface area contributed by atoms with E-state index >= 15 is 0 Å². The Balaban J connectivity index is 2.42. The fraction of sp³-hybridized carbons (Fsp3) is 0.188. The van der Waals surface area contributed by atoms with Gasteiger partial charge in [-0.3, -0.25) is 14.3 Å². The summed E-state index contributed by atoms with van der Waals surface area (Å²) < 4.78 is 1.55. The molecule has 0 aromatic carbocycles. The molecule has 3 aromatic heterocycles. The molecule has 0 bridgehead atoms. The van der Waals surface area contributed by atoms with E-state index in [1.807, 2.05) is 26.0 Å². The van der Waals surface area contributed by atoms with Gasteiger partial charge in [0.2, 0.25) is 0 Å². The first-order chi connectivity index (χ1) is 10.1. The van der Waals surface area contributed by atoms with Gasteiger partial charge in [0.05, 0.1) is 11.9 Å². The largest absolute Gasteiger partial charge is 0.280 e. The lowest BCUT2D eigenvalue weighted by Gasteiger charge is -2.09. The number of fused-ring (bicyclic) bond motifs is 1. The highest BCUT2D eigenvalue weighted by molar-refractivity contribution is 7.18. The predicted octanol–water partition coefficient (Wildman–Crippen LogP) is 2.77. The molecule has 5 heteroatoms. The molecule has 0 aliphatic heterocycles. The number of nitrogens with zero attached hydrogens (tertiary/aromatic N) is 3. The molecule has 0 saturated carbocycles. The maximum Gasteiger partial charge on any atom is 0.263 e. The van der Waals surface area contributed by atoms with E-state index in [0.29, 0.717) is 11.2 Å². The minimum Gasteiger partial charge on any atom is -0.280 e. The van der Waals surface area contributed by atoms with Gasteiger partial charge >= 0.3 is 0 Å². The zero-order chi connectivity index (χ0) is 15.0. The molecule has 3 aromatic rings. The van der Waals surface area contributed by atoms with Gasteiger partial charge in [-0.2, -0.15) is 0 Å². The van der Waals surface area contributed by atoms with E-state index in [4.69, 9.17) is 6.42 Å². The third kappa shape index (κ3) is 2.14. The summed E-state index contributed by atoms with van der Waals surface area (Å²) in [5, 5.41) is 0.672. The highest BCUT2D eigenvalue weighted by atomic mass is 32.1. The van der Waals surface area contributed by atoms with E-state index in [1.54, 1.807) is 17.0 Å². The second kappa shape index (κ2) is 5.15. The van der Waals surface area contributed by atoms with Crippen LogP contribution in [-0.2, 0) is 6.54 Å². The van der Waals surface area contributed by atoms with Gasteiger partial charge in [0.1, 0.15) is 10.7 Å². The summed E-state index contributed by atoms with van der Waals surface area (Å²) in [6, 6.07) is 3.65. The summed E-state index contributed by atoms with van der Waals surface area (Å²) in [5.41, 5.74) is 1.74. The van der Waals surface area contributed by atoms with Gasteiger partial charge in [0.25, 0.3) is 5.56 Å². The minimum atomic E-state index is -0.0772. The molecular formula is C16H13N3OS. The molecule has 104 valence electrons. The van der Waals surface area contributed by atoms with Crippen molar-refractivity contribution >= 4 is 21.6 Å². The van der Waals surface area contributed by atoms with E-state index < -0.39 is 0 Å². The SMILES string of the molecule is C#CCn1c(-c2ccncc2)nc2sc(C)c(C)c2c1=O. The van der Waals surface area contributed by atoms with Gasteiger partial charge in [0, 0.05) is 22.8 Å². The van der Waals surface area contributed by atoms with E-state index in [0.717, 1.165) is 20.8 Å². The van der Waals surface area contributed by atoms with Crippen molar-refractivity contribution < 1.29 is 0 Å². The second-order valence-corrected chi connectivity index (χ2v) is 5.93. The average Bonchev–Trinajstić information content (AvgIpc) is 2.78. The first-order valence-corrected chi connectivity index (χ1v) is 7.29. The van der Waals surface area contributed by atoms with Crippen molar-refractivity contribution in [3.05, 3.63) is 45.3 Å². The van der Waals surface area contributed by atoms with Crippen LogP contribution < -0.4 is 5.56 Å². The highest BCUT2D eigenvalue weighted by Crippen LogP contribution is 2.28. The molecule has 3 heterocycles. The van der Waals surface area contributed by atoms with Crippen molar-refractivity contribution in [3.63, 3.8) is 0 Å². The molecule has 0 atom stereocenters. The normalized spacial score (nSPS) is 10.7. The zero-order valence-electron chi connectivity index (χ0n) is 11.8. The number of rotatable bonds is 2. The van der Waals surface area contributed by atoms with E-state index in [2.05, 4.69) is 15.9 Å². The van der Waals surface area contributed by atoms with Crippen LogP contribution in [0.25, 0.3) is 21.6 Å². The number of aromatic nitrogens is 3. The van der Waals surface area contributed by atoms with Crippen molar-refractivity contribution in [1.29, 1.82) is 0 Å². The Labute approximate surface area is 126 Å². The van der Waals surface area contributed by atoms with Crippen LogP contribution in [0.2, 0.25) is 0 Å². The van der Waals surface area contributed by atoms with Crippen LogP contribution in [0.3, 0.4) is 0 Å². The summed E-state index contributed by atoms with van der Waals surface area (Å²) in [6.07, 6.45) is 8.77. The molecule has 0 radical (unpaired) electrons. The van der Waals surface area contributed by atoms with Gasteiger partial charge in [-0.05, 0) is 31.5 Å². The van der Waals surface area contributed by atoms with Crippen molar-refractivity contribution in [3.8, 4) is 23.7 Å². The molecule has 0 aliphatic rings. The van der Waals surface area contributed by atoms with E-state index in [9.17, 15) is 4.79 Å². The van der Waals surface area contributed by atoms with E-state index in [-0.39, 0.29) is 12.1 Å². The third-order valence-corrected chi connectivity index (χ3v) is 4.58. The molecule has 0 amide bonds. The fourth-order valence-electron chi connectivity index (χ4n) is 2.29. The average molecular weight is 295 g/mol. The Hall–Kier alpha value is -2.45. The van der Waals surface area contributed by atoms with Crippen LogP contribution >= 0.6 is 11.3 Å². The van der Waals surface area contributed by atoms with Crippen LogP contribution in [0, 0.1) is 26.2 Å². The summed E-state index contributed by atoms with van der Waals surface area (Å²) in [4.78, 5) is 23.3. The summed E-state index contributed by atoms with van der Waals surface area (Å²) >= 11 is 1.54. The molecule has 0 saturated heterocycles. The van der Waals surface area contributed by atoms with Crippen LogP contribution in [0.4, 0.5) is 0 Å². The summed E-state index contributed by atoms with van der Waals surface area (Å²) in [5.74, 6) is 3.13. The van der Waals surface area contributed by atoms with Gasteiger partial charge in [-0.1, -0.05) is 5.92 Å². The Morgan fingerprint density at radius 2 is 2.05 bits per heavy atom. The predicted molar refractivity (Wildman–Crippen MR) is 85.4 cm³/mol. The molecule has 0 aliphatic carbocycles. The van der Waals surface area contributed by atoms with Crippen LogP contribution in [-0.4, -0.2) is 14.5 Å². The monoisotopic (exact) mass is 295 g/mol. The standard InChI is InChI=1S/C16H13N3OS/c1-4-9-19-14(12-5-7-17-8-6-12)18-15-13(16(19)20)10(2)11(3)21-15/h1,5-8H,9H2,2-3H3. The lowest BCUT2D eigenvalue weighted by Crippen LogP contribution is -2.23. The Morgan fingerprint density at radius 1 is 1.33 bits per heavy atom. The summed E-state index contributed by atoms with van der Waals surface area (Å²) in [6.45, 7) is 4.15. The molecule has 0 unspecified atom stereocenters. The van der Waals surface area contributed by atoms with Gasteiger partial charge in [-0.25, -0.2) is 4.98 Å². The molecule has 0 fully saturated rings. The Bertz CT molecular complexity index is 917.